The molecule has 0 fully saturated rings. The Morgan fingerprint density at radius 1 is 1.15 bits per heavy atom. The molecule has 3 rings (SSSR count). The first-order valence-corrected chi connectivity index (χ1v) is 9.67. The van der Waals surface area contributed by atoms with E-state index in [-0.39, 0.29) is 18.2 Å². The second kappa shape index (κ2) is 7.86. The van der Waals surface area contributed by atoms with Crippen molar-refractivity contribution in [1.29, 1.82) is 0 Å². The predicted octanol–water partition coefficient (Wildman–Crippen LogP) is 3.02. The molecule has 0 unspecified atom stereocenters. The lowest BCUT2D eigenvalue weighted by Crippen LogP contribution is -2.24. The third kappa shape index (κ3) is 4.60. The quantitative estimate of drug-likeness (QED) is 0.663. The first-order valence-electron chi connectivity index (χ1n) is 7.64. The van der Waals surface area contributed by atoms with E-state index < -0.39 is 10.0 Å². The Labute approximate surface area is 156 Å². The summed E-state index contributed by atoms with van der Waals surface area (Å²) < 4.78 is 37.2. The van der Waals surface area contributed by atoms with E-state index in [0.29, 0.717) is 27.7 Å². The van der Waals surface area contributed by atoms with Crippen LogP contribution in [-0.4, -0.2) is 25.7 Å². The largest absolute Gasteiger partial charge is 0.496 e. The maximum atomic E-state index is 12.2. The Balaban J connectivity index is 1.66. The minimum Gasteiger partial charge on any atom is -0.496 e. The fourth-order valence-corrected chi connectivity index (χ4v) is 3.49. The molecule has 136 valence electrons. The van der Waals surface area contributed by atoms with Crippen molar-refractivity contribution in [3.63, 3.8) is 0 Å². The van der Waals surface area contributed by atoms with Crippen LogP contribution in [0.4, 0.5) is 0 Å². The van der Waals surface area contributed by atoms with E-state index in [9.17, 15) is 8.42 Å². The smallest absolute Gasteiger partial charge is 0.242 e. The second-order valence-electron chi connectivity index (χ2n) is 5.42. The van der Waals surface area contributed by atoms with Crippen molar-refractivity contribution in [2.24, 2.45) is 0 Å². The highest BCUT2D eigenvalue weighted by Gasteiger charge is 2.16. The van der Waals surface area contributed by atoms with Gasteiger partial charge in [0.05, 0.1) is 25.0 Å². The Morgan fingerprint density at radius 3 is 2.62 bits per heavy atom. The molecule has 0 radical (unpaired) electrons. The van der Waals surface area contributed by atoms with Crippen LogP contribution in [0.15, 0.2) is 53.1 Å². The van der Waals surface area contributed by atoms with Gasteiger partial charge >= 0.3 is 0 Å². The molecule has 0 amide bonds. The third-order valence-corrected chi connectivity index (χ3v) is 5.08. The number of hydrogen-bond acceptors (Lipinski definition) is 6. The number of nitrogens with one attached hydrogen (secondary N) is 1. The minimum absolute atomic E-state index is 0.0991. The zero-order chi connectivity index (χ0) is 18.6. The number of benzene rings is 2. The van der Waals surface area contributed by atoms with Crippen molar-refractivity contribution in [2.45, 2.75) is 12.3 Å². The van der Waals surface area contributed by atoms with E-state index in [1.165, 1.54) is 0 Å². The highest BCUT2D eigenvalue weighted by molar-refractivity contribution is 7.88. The van der Waals surface area contributed by atoms with Gasteiger partial charge in [-0.1, -0.05) is 41.0 Å². The Kier molecular flexibility index (Phi) is 5.55. The maximum absolute atomic E-state index is 12.2. The summed E-state index contributed by atoms with van der Waals surface area (Å²) in [4.78, 5) is 4.21. The van der Waals surface area contributed by atoms with E-state index in [0.717, 1.165) is 0 Å². The molecule has 0 bridgehead atoms. The fraction of sp³-hybridized carbons (Fsp3) is 0.176. The molecular formula is C17H16ClN3O4S. The molecule has 7 nitrogen and oxygen atoms in total. The van der Waals surface area contributed by atoms with Crippen LogP contribution in [0.3, 0.4) is 0 Å². The summed E-state index contributed by atoms with van der Waals surface area (Å²) in [6.45, 7) is -0.0991. The van der Waals surface area contributed by atoms with Crippen LogP contribution in [0.2, 0.25) is 5.02 Å². The van der Waals surface area contributed by atoms with Crippen LogP contribution in [0.25, 0.3) is 11.4 Å². The number of ether oxygens (including phenoxy) is 1. The topological polar surface area (TPSA) is 94.3 Å². The first kappa shape index (κ1) is 18.4. The number of methoxy groups -OCH3 is 1. The zero-order valence-corrected chi connectivity index (χ0v) is 15.4. The SMILES string of the molecule is COc1ccccc1-c1noc(CNS(=O)(=O)Cc2ccc(Cl)cc2)n1. The Hall–Kier alpha value is -2.42. The molecular weight excluding hydrogens is 378 g/mol. The lowest BCUT2D eigenvalue weighted by Gasteiger charge is -2.05. The van der Waals surface area contributed by atoms with Crippen LogP contribution in [0, 0.1) is 0 Å². The standard InChI is InChI=1S/C17H16ClN3O4S/c1-24-15-5-3-2-4-14(15)17-20-16(25-21-17)10-19-26(22,23)11-12-6-8-13(18)9-7-12/h2-9,19H,10-11H2,1H3. The molecule has 0 atom stereocenters. The molecule has 0 saturated carbocycles. The molecule has 0 spiro atoms. The van der Waals surface area contributed by atoms with E-state index in [1.54, 1.807) is 43.5 Å². The molecule has 0 aliphatic heterocycles. The number of para-hydroxylation sites is 1. The van der Waals surface area contributed by atoms with Crippen molar-refractivity contribution in [3.8, 4) is 17.1 Å². The summed E-state index contributed by atoms with van der Waals surface area (Å²) in [6.07, 6.45) is 0. The molecule has 1 N–H and O–H groups in total. The fourth-order valence-electron chi connectivity index (χ4n) is 2.29. The van der Waals surface area contributed by atoms with Crippen LogP contribution in [-0.2, 0) is 22.3 Å². The molecule has 0 aliphatic rings. The molecule has 0 saturated heterocycles. The predicted molar refractivity (Wildman–Crippen MR) is 97.2 cm³/mol. The number of nitrogens with zero attached hydrogens (tertiary/aromatic N) is 2. The number of halogens is 1. The van der Waals surface area contributed by atoms with Crippen molar-refractivity contribution in [2.75, 3.05) is 7.11 Å². The monoisotopic (exact) mass is 393 g/mol. The molecule has 9 heteroatoms. The highest BCUT2D eigenvalue weighted by Crippen LogP contribution is 2.27. The van der Waals surface area contributed by atoms with E-state index in [1.807, 2.05) is 12.1 Å². The van der Waals surface area contributed by atoms with Crippen molar-refractivity contribution < 1.29 is 17.7 Å². The average molecular weight is 394 g/mol. The van der Waals surface area contributed by atoms with Gasteiger partial charge in [-0.15, -0.1) is 0 Å². The van der Waals surface area contributed by atoms with Gasteiger partial charge in [0, 0.05) is 5.02 Å². The highest BCUT2D eigenvalue weighted by atomic mass is 35.5. The van der Waals surface area contributed by atoms with E-state index >= 15 is 0 Å². The van der Waals surface area contributed by atoms with Gasteiger partial charge < -0.3 is 9.26 Å². The van der Waals surface area contributed by atoms with Gasteiger partial charge in [-0.2, -0.15) is 4.98 Å². The molecule has 26 heavy (non-hydrogen) atoms. The van der Waals surface area contributed by atoms with Crippen molar-refractivity contribution >= 4 is 21.6 Å². The number of rotatable bonds is 7. The summed E-state index contributed by atoms with van der Waals surface area (Å²) in [5.74, 6) is 0.917. The Morgan fingerprint density at radius 2 is 1.88 bits per heavy atom. The third-order valence-electron chi connectivity index (χ3n) is 3.53. The summed E-state index contributed by atoms with van der Waals surface area (Å²) in [5.41, 5.74) is 1.29. The minimum atomic E-state index is -3.56. The van der Waals surface area contributed by atoms with Crippen LogP contribution in [0.5, 0.6) is 5.75 Å². The summed E-state index contributed by atoms with van der Waals surface area (Å²) >= 11 is 5.80. The van der Waals surface area contributed by atoms with Gasteiger partial charge in [0.1, 0.15) is 5.75 Å². The number of hydrogen-bond donors (Lipinski definition) is 1. The van der Waals surface area contributed by atoms with Gasteiger partial charge in [0.25, 0.3) is 0 Å². The van der Waals surface area contributed by atoms with Crippen molar-refractivity contribution in [3.05, 3.63) is 65.0 Å². The van der Waals surface area contributed by atoms with Crippen LogP contribution in [0.1, 0.15) is 11.5 Å². The van der Waals surface area contributed by atoms with E-state index in [2.05, 4.69) is 14.9 Å². The van der Waals surface area contributed by atoms with Gasteiger partial charge in [0.15, 0.2) is 0 Å². The van der Waals surface area contributed by atoms with Crippen molar-refractivity contribution in [1.82, 2.24) is 14.9 Å². The summed E-state index contributed by atoms with van der Waals surface area (Å²) in [6, 6.07) is 13.8. The second-order valence-corrected chi connectivity index (χ2v) is 7.66. The Bertz CT molecular complexity index is 987. The zero-order valence-electron chi connectivity index (χ0n) is 13.8. The van der Waals surface area contributed by atoms with Crippen LogP contribution < -0.4 is 9.46 Å². The van der Waals surface area contributed by atoms with Crippen LogP contribution >= 0.6 is 11.6 Å². The lowest BCUT2D eigenvalue weighted by atomic mass is 10.2. The molecule has 2 aromatic carbocycles. The van der Waals surface area contributed by atoms with Gasteiger partial charge in [-0.05, 0) is 29.8 Å². The molecule has 1 heterocycles. The molecule has 1 aromatic heterocycles. The van der Waals surface area contributed by atoms with E-state index in [4.69, 9.17) is 20.9 Å². The molecule has 3 aromatic rings. The van der Waals surface area contributed by atoms with Gasteiger partial charge in [0.2, 0.25) is 21.7 Å². The average Bonchev–Trinajstić information content (AvgIpc) is 3.11. The number of sulfonamides is 1. The molecule has 0 aliphatic carbocycles. The summed E-state index contributed by atoms with van der Waals surface area (Å²) in [5, 5.41) is 4.42. The van der Waals surface area contributed by atoms with Gasteiger partial charge in [-0.3, -0.25) is 0 Å². The first-order chi connectivity index (χ1) is 12.5. The van der Waals surface area contributed by atoms with Gasteiger partial charge in [-0.25, -0.2) is 13.1 Å². The normalized spacial score (nSPS) is 11.5. The summed E-state index contributed by atoms with van der Waals surface area (Å²) in [7, 11) is -2.01. The number of aromatic nitrogens is 2. The maximum Gasteiger partial charge on any atom is 0.242 e. The lowest BCUT2D eigenvalue weighted by molar-refractivity contribution is 0.375.